The van der Waals surface area contributed by atoms with E-state index in [1.165, 1.54) is 13.1 Å². The van der Waals surface area contributed by atoms with Crippen LogP contribution in [0.4, 0.5) is 0 Å². The second-order valence-electron chi connectivity index (χ2n) is 6.14. The van der Waals surface area contributed by atoms with Crippen LogP contribution in [0.5, 0.6) is 5.75 Å². The summed E-state index contributed by atoms with van der Waals surface area (Å²) in [4.78, 5) is 12.0. The van der Waals surface area contributed by atoms with Crippen LogP contribution in [-0.2, 0) is 21.2 Å². The van der Waals surface area contributed by atoms with Crippen molar-refractivity contribution in [2.24, 2.45) is 0 Å². The van der Waals surface area contributed by atoms with Crippen LogP contribution in [0.2, 0.25) is 0 Å². The van der Waals surface area contributed by atoms with E-state index in [2.05, 4.69) is 12.2 Å². The molecule has 2 aromatic rings. The molecule has 1 aromatic carbocycles. The van der Waals surface area contributed by atoms with Crippen LogP contribution < -0.4 is 10.1 Å². The molecule has 0 aliphatic heterocycles. The van der Waals surface area contributed by atoms with E-state index in [0.717, 1.165) is 39.8 Å². The van der Waals surface area contributed by atoms with Gasteiger partial charge in [-0.15, -0.1) is 11.3 Å². The van der Waals surface area contributed by atoms with Gasteiger partial charge in [0.25, 0.3) is 10.0 Å². The largest absolute Gasteiger partial charge is 0.494 e. The molecule has 0 aliphatic rings. The van der Waals surface area contributed by atoms with Crippen molar-refractivity contribution in [2.45, 2.75) is 30.4 Å². The number of unbranched alkanes of at least 4 members (excludes halogenated alkanes) is 1. The molecular weight excluding hydrogens is 384 g/mol. The summed E-state index contributed by atoms with van der Waals surface area (Å²) in [7, 11) is -2.20. The first kappa shape index (κ1) is 21.4. The van der Waals surface area contributed by atoms with Crippen molar-refractivity contribution < 1.29 is 17.9 Å². The Kier molecular flexibility index (Phi) is 8.27. The molecule has 1 amide bonds. The van der Waals surface area contributed by atoms with Crippen LogP contribution in [0.25, 0.3) is 0 Å². The number of nitrogens with one attached hydrogen (secondary N) is 1. The van der Waals surface area contributed by atoms with E-state index >= 15 is 0 Å². The number of thiophene rings is 1. The number of ether oxygens (including phenoxy) is 1. The lowest BCUT2D eigenvalue weighted by atomic mass is 10.1. The van der Waals surface area contributed by atoms with Gasteiger partial charge in [0.05, 0.1) is 13.2 Å². The highest BCUT2D eigenvalue weighted by Crippen LogP contribution is 2.19. The van der Waals surface area contributed by atoms with E-state index in [1.807, 2.05) is 24.3 Å². The molecule has 0 saturated heterocycles. The first-order valence-corrected chi connectivity index (χ1v) is 11.2. The number of hydrogen-bond acceptors (Lipinski definition) is 5. The number of carbonyl (C=O) groups is 1. The van der Waals surface area contributed by atoms with Crippen LogP contribution in [0, 0.1) is 0 Å². The van der Waals surface area contributed by atoms with Gasteiger partial charge in [-0.3, -0.25) is 4.79 Å². The van der Waals surface area contributed by atoms with Crippen LogP contribution in [-0.4, -0.2) is 45.4 Å². The number of nitrogens with zero attached hydrogens (tertiary/aromatic N) is 1. The Morgan fingerprint density at radius 3 is 2.59 bits per heavy atom. The molecule has 0 spiro atoms. The van der Waals surface area contributed by atoms with Crippen LogP contribution >= 0.6 is 11.3 Å². The quantitative estimate of drug-likeness (QED) is 0.578. The van der Waals surface area contributed by atoms with Gasteiger partial charge in [-0.1, -0.05) is 31.5 Å². The summed E-state index contributed by atoms with van der Waals surface area (Å²) in [5.41, 5.74) is 1.08. The van der Waals surface area contributed by atoms with Gasteiger partial charge in [0.15, 0.2) is 0 Å². The fourth-order valence-electron chi connectivity index (χ4n) is 2.34. The van der Waals surface area contributed by atoms with Gasteiger partial charge >= 0.3 is 0 Å². The summed E-state index contributed by atoms with van der Waals surface area (Å²) >= 11 is 1.14. The second kappa shape index (κ2) is 10.4. The molecule has 0 unspecified atom stereocenters. The van der Waals surface area contributed by atoms with Gasteiger partial charge in [-0.05, 0) is 42.0 Å². The molecular formula is C19H26N2O4S2. The fourth-order valence-corrected chi connectivity index (χ4v) is 4.67. The molecule has 0 aliphatic carbocycles. The fraction of sp³-hybridized carbons (Fsp3) is 0.421. The molecule has 1 aromatic heterocycles. The van der Waals surface area contributed by atoms with Crippen molar-refractivity contribution in [3.8, 4) is 5.75 Å². The molecule has 0 atom stereocenters. The molecule has 1 N–H and O–H groups in total. The van der Waals surface area contributed by atoms with Crippen molar-refractivity contribution in [3.63, 3.8) is 0 Å². The van der Waals surface area contributed by atoms with E-state index in [1.54, 1.807) is 11.4 Å². The predicted octanol–water partition coefficient (Wildman–Crippen LogP) is 2.91. The zero-order valence-electron chi connectivity index (χ0n) is 15.7. The Bertz CT molecular complexity index is 803. The van der Waals surface area contributed by atoms with E-state index in [4.69, 9.17) is 4.74 Å². The Balaban J connectivity index is 1.74. The van der Waals surface area contributed by atoms with Gasteiger partial charge in [-0.25, -0.2) is 8.42 Å². The van der Waals surface area contributed by atoms with Crippen LogP contribution in [0.1, 0.15) is 25.3 Å². The summed E-state index contributed by atoms with van der Waals surface area (Å²) in [6.07, 6.45) is 2.80. The normalized spacial score (nSPS) is 11.5. The van der Waals surface area contributed by atoms with Crippen molar-refractivity contribution in [1.82, 2.24) is 9.62 Å². The molecule has 0 saturated carbocycles. The summed E-state index contributed by atoms with van der Waals surface area (Å²) in [5.74, 6) is 0.522. The Morgan fingerprint density at radius 2 is 1.96 bits per heavy atom. The third-order valence-electron chi connectivity index (χ3n) is 3.95. The second-order valence-corrected chi connectivity index (χ2v) is 9.36. The molecule has 27 heavy (non-hydrogen) atoms. The van der Waals surface area contributed by atoms with Gasteiger partial charge in [0.1, 0.15) is 9.96 Å². The molecule has 6 nitrogen and oxygen atoms in total. The van der Waals surface area contributed by atoms with Gasteiger partial charge in [0, 0.05) is 13.6 Å². The Labute approximate surface area is 165 Å². The maximum atomic E-state index is 12.3. The van der Waals surface area contributed by atoms with Crippen LogP contribution in [0.3, 0.4) is 0 Å². The smallest absolute Gasteiger partial charge is 0.252 e. The molecule has 8 heteroatoms. The average Bonchev–Trinajstić information content (AvgIpc) is 3.19. The van der Waals surface area contributed by atoms with Gasteiger partial charge in [-0.2, -0.15) is 4.31 Å². The van der Waals surface area contributed by atoms with E-state index in [0.29, 0.717) is 19.6 Å². The lowest BCUT2D eigenvalue weighted by molar-refractivity contribution is -0.121. The molecule has 0 fully saturated rings. The monoisotopic (exact) mass is 410 g/mol. The third kappa shape index (κ3) is 6.64. The number of carbonyl (C=O) groups excluding carboxylic acids is 1. The summed E-state index contributed by atoms with van der Waals surface area (Å²) in [5, 5.41) is 4.46. The Morgan fingerprint density at radius 1 is 1.22 bits per heavy atom. The minimum absolute atomic E-state index is 0.204. The van der Waals surface area contributed by atoms with E-state index in [9.17, 15) is 13.2 Å². The predicted molar refractivity (Wildman–Crippen MR) is 108 cm³/mol. The molecule has 1 heterocycles. The summed E-state index contributed by atoms with van der Waals surface area (Å²) < 4.78 is 31.5. The Hall–Kier alpha value is -1.90. The first-order valence-electron chi connectivity index (χ1n) is 8.91. The molecule has 2 rings (SSSR count). The molecule has 0 radical (unpaired) electrons. The number of hydrogen-bond donors (Lipinski definition) is 1. The maximum Gasteiger partial charge on any atom is 0.252 e. The first-order chi connectivity index (χ1) is 12.9. The van der Waals surface area contributed by atoms with E-state index < -0.39 is 10.0 Å². The number of likely N-dealkylation sites (N-methyl/N-ethyl adjacent to an activating group) is 1. The maximum absolute atomic E-state index is 12.3. The number of benzene rings is 1. The number of rotatable bonds is 11. The average molecular weight is 411 g/mol. The topological polar surface area (TPSA) is 75.7 Å². The summed E-state index contributed by atoms with van der Waals surface area (Å²) in [6.45, 7) is 3.08. The van der Waals surface area contributed by atoms with E-state index in [-0.39, 0.29) is 16.7 Å². The van der Waals surface area contributed by atoms with Crippen LogP contribution in [0.15, 0.2) is 46.0 Å². The minimum atomic E-state index is -3.61. The van der Waals surface area contributed by atoms with Crippen molar-refractivity contribution in [3.05, 3.63) is 47.3 Å². The zero-order chi connectivity index (χ0) is 19.7. The lowest BCUT2D eigenvalue weighted by Gasteiger charge is -2.15. The SMILES string of the molecule is CCCCOc1ccc(CCNC(=O)CN(C)S(=O)(=O)c2cccs2)cc1. The van der Waals surface area contributed by atoms with Gasteiger partial charge in [0.2, 0.25) is 5.91 Å². The lowest BCUT2D eigenvalue weighted by Crippen LogP contribution is -2.38. The number of sulfonamides is 1. The van der Waals surface area contributed by atoms with Crippen molar-refractivity contribution >= 4 is 27.3 Å². The highest BCUT2D eigenvalue weighted by atomic mass is 32.2. The molecule has 148 valence electrons. The van der Waals surface area contributed by atoms with Gasteiger partial charge < -0.3 is 10.1 Å². The third-order valence-corrected chi connectivity index (χ3v) is 7.13. The van der Waals surface area contributed by atoms with Crippen molar-refractivity contribution in [2.75, 3.05) is 26.7 Å². The highest BCUT2D eigenvalue weighted by molar-refractivity contribution is 7.91. The highest BCUT2D eigenvalue weighted by Gasteiger charge is 2.23. The minimum Gasteiger partial charge on any atom is -0.494 e. The number of amides is 1. The molecule has 0 bridgehead atoms. The zero-order valence-corrected chi connectivity index (χ0v) is 17.3. The summed E-state index contributed by atoms with van der Waals surface area (Å²) in [6, 6.07) is 11.0. The van der Waals surface area contributed by atoms with Crippen molar-refractivity contribution in [1.29, 1.82) is 0 Å². The standard InChI is InChI=1S/C19H26N2O4S2/c1-3-4-13-25-17-9-7-16(8-10-17)11-12-20-18(22)15-21(2)27(23,24)19-6-5-14-26-19/h5-10,14H,3-4,11-13,15H2,1-2H3,(H,20,22).